The van der Waals surface area contributed by atoms with Crippen LogP contribution in [0.2, 0.25) is 0 Å². The maximum Gasteiger partial charge on any atom is 0.0619 e. The molecule has 0 rings (SSSR count). The Morgan fingerprint density at radius 1 is 0.600 bits per heavy atom. The average Bonchev–Trinajstić information content (AvgIpc) is 2.63. The summed E-state index contributed by atoms with van der Waals surface area (Å²) in [7, 11) is 0. The highest BCUT2D eigenvalue weighted by molar-refractivity contribution is 4.63. The summed E-state index contributed by atoms with van der Waals surface area (Å²) in [6.45, 7) is 9.69. The molecule has 2 nitrogen and oxygen atoms in total. The lowest BCUT2D eigenvalue weighted by molar-refractivity contribution is 0.106. The highest BCUT2D eigenvalue weighted by Gasteiger charge is 2.04. The van der Waals surface area contributed by atoms with Crippen molar-refractivity contribution in [1.29, 1.82) is 0 Å². The Labute approximate surface area is 159 Å². The molecule has 0 bridgehead atoms. The molecule has 0 amide bonds. The highest BCUT2D eigenvalue weighted by atomic mass is 16.5. The number of nitrogens with one attached hydrogen (secondary N) is 1. The van der Waals surface area contributed by atoms with Crippen molar-refractivity contribution in [3.63, 3.8) is 0 Å². The fourth-order valence-corrected chi connectivity index (χ4v) is 3.29. The van der Waals surface area contributed by atoms with E-state index in [1.54, 1.807) is 0 Å². The molecule has 0 saturated carbocycles. The SMILES string of the molecule is CCCCCCCCCCCCCCCCOC[C@H](CC)NCCC. The van der Waals surface area contributed by atoms with Gasteiger partial charge in [0, 0.05) is 12.6 Å². The lowest BCUT2D eigenvalue weighted by Crippen LogP contribution is -2.33. The van der Waals surface area contributed by atoms with E-state index in [1.807, 2.05) is 0 Å². The van der Waals surface area contributed by atoms with E-state index in [0.717, 1.165) is 19.8 Å². The van der Waals surface area contributed by atoms with Crippen molar-refractivity contribution >= 4 is 0 Å². The molecule has 152 valence electrons. The second-order valence-corrected chi connectivity index (χ2v) is 7.73. The predicted molar refractivity (Wildman–Crippen MR) is 114 cm³/mol. The van der Waals surface area contributed by atoms with Gasteiger partial charge < -0.3 is 10.1 Å². The zero-order chi connectivity index (χ0) is 18.4. The Hall–Kier alpha value is -0.0800. The summed E-state index contributed by atoms with van der Waals surface area (Å²) in [6, 6.07) is 0.548. The Morgan fingerprint density at radius 2 is 1.08 bits per heavy atom. The zero-order valence-corrected chi connectivity index (χ0v) is 17.9. The summed E-state index contributed by atoms with van der Waals surface area (Å²) in [6.07, 6.45) is 22.2. The number of unbranched alkanes of at least 4 members (excludes halogenated alkanes) is 13. The van der Waals surface area contributed by atoms with Crippen LogP contribution in [-0.4, -0.2) is 25.8 Å². The third-order valence-electron chi connectivity index (χ3n) is 5.14. The molecule has 1 N–H and O–H groups in total. The molecule has 1 atom stereocenters. The predicted octanol–water partition coefficient (Wildman–Crippen LogP) is 7.26. The Balaban J connectivity index is 3.11. The number of hydrogen-bond donors (Lipinski definition) is 1. The van der Waals surface area contributed by atoms with Gasteiger partial charge in [-0.1, -0.05) is 104 Å². The molecule has 0 aromatic rings. The first kappa shape index (κ1) is 24.9. The summed E-state index contributed by atoms with van der Waals surface area (Å²) < 4.78 is 5.83. The van der Waals surface area contributed by atoms with Crippen LogP contribution in [0.4, 0.5) is 0 Å². The number of rotatable bonds is 21. The fraction of sp³-hybridized carbons (Fsp3) is 1.00. The van der Waals surface area contributed by atoms with Crippen molar-refractivity contribution in [3.8, 4) is 0 Å². The summed E-state index contributed by atoms with van der Waals surface area (Å²) in [5.41, 5.74) is 0. The second kappa shape index (κ2) is 22.0. The standard InChI is InChI=1S/C23H49NO/c1-4-7-8-9-10-11-12-13-14-15-16-17-18-19-21-25-22-23(6-3)24-20-5-2/h23-24H,4-22H2,1-3H3/t23-/m0/s1. The minimum Gasteiger partial charge on any atom is -0.380 e. The topological polar surface area (TPSA) is 21.3 Å². The molecule has 0 unspecified atom stereocenters. The molecule has 0 radical (unpaired) electrons. The van der Waals surface area contributed by atoms with Gasteiger partial charge >= 0.3 is 0 Å². The third kappa shape index (κ3) is 20.1. The summed E-state index contributed by atoms with van der Waals surface area (Å²) in [5, 5.41) is 3.55. The Kier molecular flexibility index (Phi) is 21.9. The van der Waals surface area contributed by atoms with Crippen molar-refractivity contribution in [2.45, 2.75) is 130 Å². The van der Waals surface area contributed by atoms with Crippen molar-refractivity contribution in [2.24, 2.45) is 0 Å². The van der Waals surface area contributed by atoms with E-state index in [4.69, 9.17) is 4.74 Å². The van der Waals surface area contributed by atoms with E-state index in [-0.39, 0.29) is 0 Å². The summed E-state index contributed by atoms with van der Waals surface area (Å²) >= 11 is 0. The molecule has 0 aromatic heterocycles. The molecule has 0 aliphatic rings. The van der Waals surface area contributed by atoms with E-state index in [2.05, 4.69) is 26.1 Å². The van der Waals surface area contributed by atoms with Crippen LogP contribution < -0.4 is 5.32 Å². The maximum atomic E-state index is 5.83. The zero-order valence-electron chi connectivity index (χ0n) is 17.9. The Morgan fingerprint density at radius 3 is 1.52 bits per heavy atom. The molecule has 2 heteroatoms. The van der Waals surface area contributed by atoms with Crippen molar-refractivity contribution < 1.29 is 4.74 Å². The van der Waals surface area contributed by atoms with Gasteiger partial charge in [0.15, 0.2) is 0 Å². The molecule has 0 aliphatic carbocycles. The van der Waals surface area contributed by atoms with Crippen LogP contribution in [0.25, 0.3) is 0 Å². The minimum atomic E-state index is 0.548. The van der Waals surface area contributed by atoms with Gasteiger partial charge in [-0.05, 0) is 25.8 Å². The molecule has 25 heavy (non-hydrogen) atoms. The third-order valence-corrected chi connectivity index (χ3v) is 5.14. The first-order valence-electron chi connectivity index (χ1n) is 11.7. The average molecular weight is 356 g/mol. The van der Waals surface area contributed by atoms with Crippen LogP contribution in [0.1, 0.15) is 124 Å². The van der Waals surface area contributed by atoms with Gasteiger partial charge in [-0.25, -0.2) is 0 Å². The van der Waals surface area contributed by atoms with Crippen LogP contribution >= 0.6 is 0 Å². The van der Waals surface area contributed by atoms with Crippen LogP contribution in [0.5, 0.6) is 0 Å². The number of hydrogen-bond acceptors (Lipinski definition) is 2. The van der Waals surface area contributed by atoms with Crippen molar-refractivity contribution in [1.82, 2.24) is 5.32 Å². The van der Waals surface area contributed by atoms with Gasteiger partial charge in [0.25, 0.3) is 0 Å². The van der Waals surface area contributed by atoms with Crippen LogP contribution in [0.15, 0.2) is 0 Å². The van der Waals surface area contributed by atoms with E-state index in [1.165, 1.54) is 103 Å². The molecule has 0 aliphatic heterocycles. The molecule has 0 fully saturated rings. The van der Waals surface area contributed by atoms with Gasteiger partial charge in [-0.15, -0.1) is 0 Å². The molecule has 0 heterocycles. The quantitative estimate of drug-likeness (QED) is 0.219. The van der Waals surface area contributed by atoms with Gasteiger partial charge in [0.1, 0.15) is 0 Å². The molecular formula is C23H49NO. The normalized spacial score (nSPS) is 12.6. The van der Waals surface area contributed by atoms with Gasteiger partial charge in [-0.2, -0.15) is 0 Å². The van der Waals surface area contributed by atoms with Crippen molar-refractivity contribution in [2.75, 3.05) is 19.8 Å². The smallest absolute Gasteiger partial charge is 0.0619 e. The summed E-state index contributed by atoms with van der Waals surface area (Å²) in [5.74, 6) is 0. The highest BCUT2D eigenvalue weighted by Crippen LogP contribution is 2.12. The summed E-state index contributed by atoms with van der Waals surface area (Å²) in [4.78, 5) is 0. The lowest BCUT2D eigenvalue weighted by atomic mass is 10.0. The van der Waals surface area contributed by atoms with E-state index in [0.29, 0.717) is 6.04 Å². The second-order valence-electron chi connectivity index (χ2n) is 7.73. The van der Waals surface area contributed by atoms with E-state index in [9.17, 15) is 0 Å². The van der Waals surface area contributed by atoms with Crippen molar-refractivity contribution in [3.05, 3.63) is 0 Å². The monoisotopic (exact) mass is 355 g/mol. The molecular weight excluding hydrogens is 306 g/mol. The van der Waals surface area contributed by atoms with Crippen LogP contribution in [0.3, 0.4) is 0 Å². The number of ether oxygens (including phenoxy) is 1. The molecule has 0 saturated heterocycles. The lowest BCUT2D eigenvalue weighted by Gasteiger charge is -2.16. The van der Waals surface area contributed by atoms with Gasteiger partial charge in [-0.3, -0.25) is 0 Å². The van der Waals surface area contributed by atoms with Gasteiger partial charge in [0.2, 0.25) is 0 Å². The Bertz CT molecular complexity index is 232. The van der Waals surface area contributed by atoms with Crippen LogP contribution in [0, 0.1) is 0 Å². The van der Waals surface area contributed by atoms with E-state index < -0.39 is 0 Å². The molecule has 0 aromatic carbocycles. The first-order valence-corrected chi connectivity index (χ1v) is 11.7. The van der Waals surface area contributed by atoms with Gasteiger partial charge in [0.05, 0.1) is 6.61 Å². The fourth-order valence-electron chi connectivity index (χ4n) is 3.29. The van der Waals surface area contributed by atoms with E-state index >= 15 is 0 Å². The maximum absolute atomic E-state index is 5.83. The minimum absolute atomic E-state index is 0.548. The largest absolute Gasteiger partial charge is 0.380 e. The van der Waals surface area contributed by atoms with Crippen LogP contribution in [-0.2, 0) is 4.74 Å². The molecule has 0 spiro atoms. The first-order chi connectivity index (χ1) is 12.3.